The molecule has 0 aliphatic heterocycles. The lowest BCUT2D eigenvalue weighted by Crippen LogP contribution is -2.10. The highest BCUT2D eigenvalue weighted by Gasteiger charge is 1.90. The Balaban J connectivity index is 3.43. The second-order valence-corrected chi connectivity index (χ2v) is 2.63. The lowest BCUT2D eigenvalue weighted by molar-refractivity contribution is 0.692. The van der Waals surface area contributed by atoms with Crippen LogP contribution in [0.1, 0.15) is 27.2 Å². The van der Waals surface area contributed by atoms with Gasteiger partial charge in [0.05, 0.1) is 0 Å². The summed E-state index contributed by atoms with van der Waals surface area (Å²) >= 11 is 0. The number of hydrogen-bond donors (Lipinski definition) is 1. The normalized spacial score (nSPS) is 18.2. The minimum Gasteiger partial charge on any atom is -0.325 e. The predicted octanol–water partition coefficient (Wildman–Crippen LogP) is 1.94. The van der Waals surface area contributed by atoms with Gasteiger partial charge in [-0.2, -0.15) is 0 Å². The topological polar surface area (TPSA) is 26.0 Å². The van der Waals surface area contributed by atoms with Crippen LogP contribution in [0.4, 0.5) is 0 Å². The summed E-state index contributed by atoms with van der Waals surface area (Å²) in [5, 5.41) is 0. The summed E-state index contributed by atoms with van der Waals surface area (Å²) < 4.78 is 0. The van der Waals surface area contributed by atoms with Gasteiger partial charge in [-0.15, -0.1) is 0 Å². The minimum atomic E-state index is 0.207. The van der Waals surface area contributed by atoms with E-state index in [0.717, 1.165) is 0 Å². The van der Waals surface area contributed by atoms with Gasteiger partial charge in [-0.3, -0.25) is 0 Å². The molecule has 0 amide bonds. The Bertz CT molecular complexity index is 84.6. The van der Waals surface area contributed by atoms with Gasteiger partial charge in [-0.05, 0) is 12.8 Å². The van der Waals surface area contributed by atoms with Gasteiger partial charge in [0.1, 0.15) is 0 Å². The maximum Gasteiger partial charge on any atom is 0.0194 e. The van der Waals surface area contributed by atoms with Crippen LogP contribution in [0.15, 0.2) is 12.2 Å². The van der Waals surface area contributed by atoms with E-state index in [2.05, 4.69) is 19.9 Å². The third kappa shape index (κ3) is 5.57. The van der Waals surface area contributed by atoms with Crippen molar-refractivity contribution in [3.05, 3.63) is 12.2 Å². The molecule has 0 bridgehead atoms. The molecule has 0 aliphatic carbocycles. The number of allylic oxidation sites excluding steroid dienone is 1. The standard InChI is InChI=1S/C8H17N/c1-4-7(2)5-6-8(3)9/h5-8H,4,9H2,1-3H3/b6-5+. The monoisotopic (exact) mass is 127 g/mol. The predicted molar refractivity (Wildman–Crippen MR) is 42.2 cm³/mol. The smallest absolute Gasteiger partial charge is 0.0194 e. The first-order chi connectivity index (χ1) is 4.16. The maximum atomic E-state index is 5.51. The fourth-order valence-corrected chi connectivity index (χ4v) is 0.501. The maximum absolute atomic E-state index is 5.51. The van der Waals surface area contributed by atoms with Gasteiger partial charge in [0.2, 0.25) is 0 Å². The van der Waals surface area contributed by atoms with Gasteiger partial charge in [-0.1, -0.05) is 32.4 Å². The Morgan fingerprint density at radius 1 is 1.33 bits per heavy atom. The molecule has 0 saturated heterocycles. The van der Waals surface area contributed by atoms with E-state index in [1.165, 1.54) is 6.42 Å². The molecule has 0 spiro atoms. The van der Waals surface area contributed by atoms with Crippen molar-refractivity contribution in [1.29, 1.82) is 0 Å². The van der Waals surface area contributed by atoms with Crippen molar-refractivity contribution in [2.75, 3.05) is 0 Å². The average molecular weight is 127 g/mol. The molecule has 0 aliphatic rings. The van der Waals surface area contributed by atoms with Crippen LogP contribution in [0.25, 0.3) is 0 Å². The van der Waals surface area contributed by atoms with E-state index in [1.54, 1.807) is 0 Å². The van der Waals surface area contributed by atoms with Crippen molar-refractivity contribution >= 4 is 0 Å². The molecule has 2 unspecified atom stereocenters. The van der Waals surface area contributed by atoms with Gasteiger partial charge >= 0.3 is 0 Å². The zero-order valence-electron chi connectivity index (χ0n) is 6.59. The molecular weight excluding hydrogens is 110 g/mol. The highest BCUT2D eigenvalue weighted by molar-refractivity contribution is 4.91. The summed E-state index contributed by atoms with van der Waals surface area (Å²) in [4.78, 5) is 0. The Hall–Kier alpha value is -0.300. The first-order valence-electron chi connectivity index (χ1n) is 3.60. The highest BCUT2D eigenvalue weighted by Crippen LogP contribution is 2.01. The molecule has 0 fully saturated rings. The molecule has 0 rings (SSSR count). The minimum absolute atomic E-state index is 0.207. The van der Waals surface area contributed by atoms with E-state index in [-0.39, 0.29) is 6.04 Å². The van der Waals surface area contributed by atoms with E-state index in [0.29, 0.717) is 5.92 Å². The zero-order chi connectivity index (χ0) is 7.28. The largest absolute Gasteiger partial charge is 0.325 e. The van der Waals surface area contributed by atoms with Crippen LogP contribution in [0.2, 0.25) is 0 Å². The molecule has 0 radical (unpaired) electrons. The van der Waals surface area contributed by atoms with Crippen LogP contribution in [0, 0.1) is 5.92 Å². The third-order valence-electron chi connectivity index (χ3n) is 1.39. The molecule has 2 atom stereocenters. The summed E-state index contributed by atoms with van der Waals surface area (Å²) in [5.74, 6) is 0.677. The van der Waals surface area contributed by atoms with Crippen LogP contribution in [0.3, 0.4) is 0 Å². The molecule has 2 N–H and O–H groups in total. The van der Waals surface area contributed by atoms with Crippen molar-refractivity contribution in [3.8, 4) is 0 Å². The average Bonchev–Trinajstić information content (AvgIpc) is 1.83. The van der Waals surface area contributed by atoms with Crippen molar-refractivity contribution < 1.29 is 0 Å². The van der Waals surface area contributed by atoms with Crippen molar-refractivity contribution in [3.63, 3.8) is 0 Å². The van der Waals surface area contributed by atoms with E-state index in [4.69, 9.17) is 5.73 Å². The summed E-state index contributed by atoms with van der Waals surface area (Å²) in [6.07, 6.45) is 5.42. The Morgan fingerprint density at radius 2 is 1.89 bits per heavy atom. The second-order valence-electron chi connectivity index (χ2n) is 2.63. The van der Waals surface area contributed by atoms with Gasteiger partial charge in [0, 0.05) is 6.04 Å². The van der Waals surface area contributed by atoms with Crippen molar-refractivity contribution in [1.82, 2.24) is 0 Å². The molecule has 1 nitrogen and oxygen atoms in total. The molecule has 0 aromatic heterocycles. The van der Waals surface area contributed by atoms with Crippen LogP contribution < -0.4 is 5.73 Å². The van der Waals surface area contributed by atoms with Gasteiger partial charge in [0.15, 0.2) is 0 Å². The zero-order valence-corrected chi connectivity index (χ0v) is 6.59. The first kappa shape index (κ1) is 8.70. The second kappa shape index (κ2) is 4.57. The Labute approximate surface area is 57.9 Å². The summed E-state index contributed by atoms with van der Waals surface area (Å²) in [5.41, 5.74) is 5.51. The van der Waals surface area contributed by atoms with Crippen LogP contribution >= 0.6 is 0 Å². The number of hydrogen-bond acceptors (Lipinski definition) is 1. The highest BCUT2D eigenvalue weighted by atomic mass is 14.6. The lowest BCUT2D eigenvalue weighted by Gasteiger charge is -2.00. The SMILES string of the molecule is CCC(C)/C=C/C(C)N. The third-order valence-corrected chi connectivity index (χ3v) is 1.39. The lowest BCUT2D eigenvalue weighted by atomic mass is 10.1. The van der Waals surface area contributed by atoms with E-state index >= 15 is 0 Å². The van der Waals surface area contributed by atoms with E-state index in [1.807, 2.05) is 13.0 Å². The van der Waals surface area contributed by atoms with E-state index < -0.39 is 0 Å². The van der Waals surface area contributed by atoms with Gasteiger partial charge in [0.25, 0.3) is 0 Å². The fraction of sp³-hybridized carbons (Fsp3) is 0.750. The Morgan fingerprint density at radius 3 is 2.22 bits per heavy atom. The molecule has 0 aromatic rings. The summed E-state index contributed by atoms with van der Waals surface area (Å²) in [6, 6.07) is 0.207. The van der Waals surface area contributed by atoms with Crippen molar-refractivity contribution in [2.24, 2.45) is 11.7 Å². The molecule has 0 aromatic carbocycles. The summed E-state index contributed by atoms with van der Waals surface area (Å²) in [6.45, 7) is 6.36. The molecule has 0 saturated carbocycles. The quantitative estimate of drug-likeness (QED) is 0.576. The van der Waals surface area contributed by atoms with Crippen LogP contribution in [-0.2, 0) is 0 Å². The molecule has 54 valence electrons. The fourth-order valence-electron chi connectivity index (χ4n) is 0.501. The Kier molecular flexibility index (Phi) is 4.41. The number of rotatable bonds is 3. The van der Waals surface area contributed by atoms with Crippen molar-refractivity contribution in [2.45, 2.75) is 33.2 Å². The first-order valence-corrected chi connectivity index (χ1v) is 3.60. The van der Waals surface area contributed by atoms with Gasteiger partial charge in [-0.25, -0.2) is 0 Å². The number of nitrogens with two attached hydrogens (primary N) is 1. The van der Waals surface area contributed by atoms with Crippen LogP contribution in [-0.4, -0.2) is 6.04 Å². The van der Waals surface area contributed by atoms with Crippen LogP contribution in [0.5, 0.6) is 0 Å². The molecular formula is C8H17N. The molecule has 9 heavy (non-hydrogen) atoms. The van der Waals surface area contributed by atoms with E-state index in [9.17, 15) is 0 Å². The summed E-state index contributed by atoms with van der Waals surface area (Å²) in [7, 11) is 0. The molecule has 1 heteroatoms. The van der Waals surface area contributed by atoms with Gasteiger partial charge < -0.3 is 5.73 Å². The molecule has 0 heterocycles.